The minimum absolute atomic E-state index is 0.214. The van der Waals surface area contributed by atoms with Crippen LogP contribution in [0.3, 0.4) is 0 Å². The molecule has 8 heteroatoms. The van der Waals surface area contributed by atoms with Crippen molar-refractivity contribution in [2.45, 2.75) is 38.6 Å². The van der Waals surface area contributed by atoms with Gasteiger partial charge in [-0.05, 0) is 43.0 Å². The number of carbonyl (C=O) groups is 2. The number of imidazole rings is 1. The quantitative estimate of drug-likeness (QED) is 0.630. The molecule has 32 heavy (non-hydrogen) atoms. The predicted octanol–water partition coefficient (Wildman–Crippen LogP) is 4.00. The standard InChI is InChI=1S/C24H26F2N4O2/c1-14(2)21(29-23(31)20-16(25)6-5-7-17(20)26)24(32)30-12-10-15(11-13-30)22-27-18-8-3-4-9-19(18)28-22/h3-9,14-15,21H,10-13H2,1-2H3,(H,27,28)(H,29,31). The normalized spacial score (nSPS) is 15.8. The molecule has 3 aromatic rings. The Labute approximate surface area is 185 Å². The maximum absolute atomic E-state index is 14.0. The van der Waals surface area contributed by atoms with Crippen molar-refractivity contribution in [1.82, 2.24) is 20.2 Å². The lowest BCUT2D eigenvalue weighted by atomic mass is 9.94. The Balaban J connectivity index is 1.42. The molecule has 1 unspecified atom stereocenters. The zero-order valence-electron chi connectivity index (χ0n) is 18.1. The maximum Gasteiger partial charge on any atom is 0.257 e. The van der Waals surface area contributed by atoms with E-state index in [0.29, 0.717) is 13.1 Å². The second-order valence-corrected chi connectivity index (χ2v) is 8.53. The largest absolute Gasteiger partial charge is 0.342 e. The van der Waals surface area contributed by atoms with Crippen molar-refractivity contribution in [3.8, 4) is 0 Å². The van der Waals surface area contributed by atoms with Gasteiger partial charge in [0.2, 0.25) is 5.91 Å². The Bertz CT molecular complexity index is 1080. The molecule has 0 spiro atoms. The predicted molar refractivity (Wildman–Crippen MR) is 117 cm³/mol. The third kappa shape index (κ3) is 4.35. The van der Waals surface area contributed by atoms with Crippen LogP contribution in [0.1, 0.15) is 48.8 Å². The second-order valence-electron chi connectivity index (χ2n) is 8.53. The first-order valence-corrected chi connectivity index (χ1v) is 10.8. The number of para-hydroxylation sites is 2. The number of aromatic amines is 1. The number of likely N-dealkylation sites (tertiary alicyclic amines) is 1. The van der Waals surface area contributed by atoms with Gasteiger partial charge in [-0.2, -0.15) is 0 Å². The fourth-order valence-electron chi connectivity index (χ4n) is 4.18. The summed E-state index contributed by atoms with van der Waals surface area (Å²) in [6.45, 7) is 4.63. The highest BCUT2D eigenvalue weighted by molar-refractivity contribution is 5.98. The molecule has 1 saturated heterocycles. The summed E-state index contributed by atoms with van der Waals surface area (Å²) in [4.78, 5) is 35.4. The number of H-pyrrole nitrogens is 1. The number of fused-ring (bicyclic) bond motifs is 1. The Morgan fingerprint density at radius 2 is 1.72 bits per heavy atom. The zero-order chi connectivity index (χ0) is 22.8. The lowest BCUT2D eigenvalue weighted by Crippen LogP contribution is -2.53. The molecule has 1 fully saturated rings. The van der Waals surface area contributed by atoms with Gasteiger partial charge in [0.1, 0.15) is 29.1 Å². The number of aromatic nitrogens is 2. The first-order chi connectivity index (χ1) is 15.3. The van der Waals surface area contributed by atoms with Crippen molar-refractivity contribution in [3.63, 3.8) is 0 Å². The summed E-state index contributed by atoms with van der Waals surface area (Å²) >= 11 is 0. The third-order valence-electron chi connectivity index (χ3n) is 6.01. The highest BCUT2D eigenvalue weighted by Crippen LogP contribution is 2.28. The molecule has 1 aromatic heterocycles. The molecule has 2 aromatic carbocycles. The molecule has 0 saturated carbocycles. The summed E-state index contributed by atoms with van der Waals surface area (Å²) in [6, 6.07) is 10.2. The van der Waals surface area contributed by atoms with Crippen LogP contribution < -0.4 is 5.32 Å². The van der Waals surface area contributed by atoms with Crippen molar-refractivity contribution < 1.29 is 18.4 Å². The van der Waals surface area contributed by atoms with Crippen LogP contribution in [0.25, 0.3) is 11.0 Å². The molecule has 2 N–H and O–H groups in total. The first-order valence-electron chi connectivity index (χ1n) is 10.8. The van der Waals surface area contributed by atoms with Crippen LogP contribution in [0.2, 0.25) is 0 Å². The Morgan fingerprint density at radius 3 is 2.34 bits per heavy atom. The van der Waals surface area contributed by atoms with Crippen LogP contribution >= 0.6 is 0 Å². The van der Waals surface area contributed by atoms with E-state index in [1.807, 2.05) is 24.3 Å². The van der Waals surface area contributed by atoms with Crippen molar-refractivity contribution in [2.24, 2.45) is 5.92 Å². The van der Waals surface area contributed by atoms with Crippen LogP contribution in [0.5, 0.6) is 0 Å². The number of hydrogen-bond donors (Lipinski definition) is 2. The second kappa shape index (κ2) is 9.06. The molecule has 0 bridgehead atoms. The van der Waals surface area contributed by atoms with E-state index in [2.05, 4.69) is 15.3 Å². The number of nitrogens with one attached hydrogen (secondary N) is 2. The van der Waals surface area contributed by atoms with E-state index in [1.165, 1.54) is 6.07 Å². The van der Waals surface area contributed by atoms with Crippen molar-refractivity contribution in [1.29, 1.82) is 0 Å². The van der Waals surface area contributed by atoms with Crippen LogP contribution in [0.15, 0.2) is 42.5 Å². The molecule has 4 rings (SSSR count). The van der Waals surface area contributed by atoms with E-state index >= 15 is 0 Å². The highest BCUT2D eigenvalue weighted by Gasteiger charge is 2.33. The molecular formula is C24H26F2N4O2. The van der Waals surface area contributed by atoms with E-state index < -0.39 is 29.1 Å². The topological polar surface area (TPSA) is 78.1 Å². The number of nitrogens with zero attached hydrogens (tertiary/aromatic N) is 2. The van der Waals surface area contributed by atoms with Gasteiger partial charge in [-0.1, -0.05) is 32.0 Å². The number of rotatable bonds is 5. The Kier molecular flexibility index (Phi) is 6.21. The van der Waals surface area contributed by atoms with Gasteiger partial charge in [0.15, 0.2) is 0 Å². The third-order valence-corrected chi connectivity index (χ3v) is 6.01. The number of carbonyl (C=O) groups excluding carboxylic acids is 2. The number of amides is 2. The molecule has 0 aliphatic carbocycles. The summed E-state index contributed by atoms with van der Waals surface area (Å²) in [5.41, 5.74) is 1.24. The van der Waals surface area contributed by atoms with Crippen LogP contribution in [0, 0.1) is 17.6 Å². The zero-order valence-corrected chi connectivity index (χ0v) is 18.1. The molecule has 2 heterocycles. The summed E-state index contributed by atoms with van der Waals surface area (Å²) in [6.07, 6.45) is 1.48. The van der Waals surface area contributed by atoms with E-state index in [0.717, 1.165) is 41.8 Å². The van der Waals surface area contributed by atoms with E-state index in [4.69, 9.17) is 0 Å². The molecule has 0 radical (unpaired) electrons. The number of piperidine rings is 1. The first kappa shape index (κ1) is 21.9. The van der Waals surface area contributed by atoms with Gasteiger partial charge >= 0.3 is 0 Å². The van der Waals surface area contributed by atoms with Crippen molar-refractivity contribution in [3.05, 3.63) is 65.5 Å². The maximum atomic E-state index is 14.0. The lowest BCUT2D eigenvalue weighted by molar-refractivity contribution is -0.135. The molecule has 1 atom stereocenters. The van der Waals surface area contributed by atoms with E-state index in [1.54, 1.807) is 18.7 Å². The van der Waals surface area contributed by atoms with Gasteiger partial charge in [0.25, 0.3) is 5.91 Å². The van der Waals surface area contributed by atoms with Crippen LogP contribution in [0.4, 0.5) is 8.78 Å². The fraction of sp³-hybridized carbons (Fsp3) is 0.375. The van der Waals surface area contributed by atoms with Crippen molar-refractivity contribution in [2.75, 3.05) is 13.1 Å². The molecule has 168 valence electrons. The molecule has 1 aliphatic heterocycles. The van der Waals surface area contributed by atoms with Gasteiger partial charge in [-0.15, -0.1) is 0 Å². The summed E-state index contributed by atoms with van der Waals surface area (Å²) in [7, 11) is 0. The average Bonchev–Trinajstić information content (AvgIpc) is 3.21. The monoisotopic (exact) mass is 440 g/mol. The van der Waals surface area contributed by atoms with Gasteiger partial charge in [0.05, 0.1) is 11.0 Å². The Hall–Kier alpha value is -3.29. The summed E-state index contributed by atoms with van der Waals surface area (Å²) in [5.74, 6) is -2.19. The van der Waals surface area contributed by atoms with E-state index in [-0.39, 0.29) is 17.7 Å². The molecule has 1 aliphatic rings. The highest BCUT2D eigenvalue weighted by atomic mass is 19.1. The molecule has 6 nitrogen and oxygen atoms in total. The lowest BCUT2D eigenvalue weighted by Gasteiger charge is -2.35. The minimum atomic E-state index is -0.955. The minimum Gasteiger partial charge on any atom is -0.342 e. The van der Waals surface area contributed by atoms with Crippen LogP contribution in [-0.2, 0) is 4.79 Å². The summed E-state index contributed by atoms with van der Waals surface area (Å²) in [5, 5.41) is 2.54. The molecule has 2 amide bonds. The fourth-order valence-corrected chi connectivity index (χ4v) is 4.18. The van der Waals surface area contributed by atoms with Gasteiger partial charge < -0.3 is 15.2 Å². The average molecular weight is 440 g/mol. The molecular weight excluding hydrogens is 414 g/mol. The van der Waals surface area contributed by atoms with Gasteiger partial charge in [-0.25, -0.2) is 13.8 Å². The van der Waals surface area contributed by atoms with Gasteiger partial charge in [-0.3, -0.25) is 9.59 Å². The smallest absolute Gasteiger partial charge is 0.257 e. The van der Waals surface area contributed by atoms with Crippen molar-refractivity contribution >= 4 is 22.8 Å². The summed E-state index contributed by atoms with van der Waals surface area (Å²) < 4.78 is 28.0. The van der Waals surface area contributed by atoms with Crippen LogP contribution in [-0.4, -0.2) is 45.8 Å². The number of halogens is 2. The number of hydrogen-bond acceptors (Lipinski definition) is 3. The number of benzene rings is 2. The van der Waals surface area contributed by atoms with Gasteiger partial charge in [0, 0.05) is 19.0 Å². The van der Waals surface area contributed by atoms with E-state index in [9.17, 15) is 18.4 Å². The Morgan fingerprint density at radius 1 is 1.06 bits per heavy atom. The SMILES string of the molecule is CC(C)C(NC(=O)c1c(F)cccc1F)C(=O)N1CCC(c2nc3ccccc3[nH]2)CC1.